The molecule has 0 fully saturated rings. The van der Waals surface area contributed by atoms with Crippen LogP contribution in [-0.2, 0) is 22.7 Å². The van der Waals surface area contributed by atoms with Crippen molar-refractivity contribution >= 4 is 15.6 Å². The van der Waals surface area contributed by atoms with Crippen molar-refractivity contribution in [3.63, 3.8) is 0 Å². The van der Waals surface area contributed by atoms with Crippen LogP contribution in [0.1, 0.15) is 335 Å². The minimum atomic E-state index is -5.03. The van der Waals surface area contributed by atoms with Gasteiger partial charge in [0.05, 0.1) is 6.61 Å². The molecule has 3 N–H and O–H groups in total. The van der Waals surface area contributed by atoms with Crippen molar-refractivity contribution < 1.29 is 37.4 Å². The first-order valence-corrected chi connectivity index (χ1v) is 31.6. The molecule has 0 radical (unpaired) electrons. The summed E-state index contributed by atoms with van der Waals surface area (Å²) in [5, 5.41) is 0. The van der Waals surface area contributed by atoms with Crippen molar-refractivity contribution in [3.05, 3.63) is 0 Å². The molecule has 0 spiro atoms. The van der Waals surface area contributed by atoms with Crippen molar-refractivity contribution in [2.45, 2.75) is 341 Å². The fourth-order valence-electron chi connectivity index (χ4n) is 9.32. The second-order valence-electron chi connectivity index (χ2n) is 19.9. The van der Waals surface area contributed by atoms with Crippen molar-refractivity contribution in [2.24, 2.45) is 0 Å². The van der Waals surface area contributed by atoms with Gasteiger partial charge in [0.15, 0.2) is 5.79 Å². The van der Waals surface area contributed by atoms with Crippen LogP contribution in [-0.4, -0.2) is 27.1 Å². The zero-order chi connectivity index (χ0) is 47.0. The lowest BCUT2D eigenvalue weighted by Gasteiger charge is -2.34. The highest BCUT2D eigenvalue weighted by Crippen LogP contribution is 2.55. The first-order chi connectivity index (χ1) is 31.1. The predicted octanol–water partition coefficient (Wildman–Crippen LogP) is 20.1. The summed E-state index contributed by atoms with van der Waals surface area (Å²) in [4.78, 5) is 31.0. The maximum Gasteiger partial charge on any atom is 0.474 e. The van der Waals surface area contributed by atoms with Crippen LogP contribution in [0.4, 0.5) is 0 Å². The number of rotatable bonds is 55. The quantitative estimate of drug-likeness (QED) is 0.0313. The number of hydrogen-bond acceptors (Lipinski definition) is 5. The van der Waals surface area contributed by atoms with E-state index < -0.39 is 21.4 Å². The molecule has 64 heavy (non-hydrogen) atoms. The maximum absolute atomic E-state index is 13.4. The topological polar surface area (TPSA) is 123 Å². The van der Waals surface area contributed by atoms with Crippen LogP contribution < -0.4 is 0 Å². The van der Waals surface area contributed by atoms with Crippen LogP contribution in [0.5, 0.6) is 0 Å². The number of phosphoric acid groups is 2. The molecule has 386 valence electrons. The van der Waals surface area contributed by atoms with E-state index >= 15 is 0 Å². The van der Waals surface area contributed by atoms with Gasteiger partial charge in [-0.2, -0.15) is 0 Å². The van der Waals surface area contributed by atoms with E-state index in [2.05, 4.69) is 20.8 Å². The van der Waals surface area contributed by atoms with E-state index in [0.717, 1.165) is 57.8 Å². The molecule has 0 amide bonds. The molecule has 0 aliphatic carbocycles. The molecule has 0 aromatic rings. The standard InChI is InChI=1S/C54H112O8P2/c1-4-7-10-13-16-19-22-25-28-31-34-37-40-43-46-49-52-54(61-63(55,56)57,51-48-45-42-39-36-33-30-27-24-21-18-15-12-9-6-3)62-64(58,59)60-53-50-47-44-41-38-35-32-29-26-23-20-17-14-11-8-5-2/h4-53H2,1-3H3,(H,58,59)(H2,55,56,57). The molecule has 0 heterocycles. The third kappa shape index (κ3) is 48.7. The summed E-state index contributed by atoms with van der Waals surface area (Å²) in [6, 6.07) is 0. The molecular formula is C54H112O8P2. The zero-order valence-electron chi connectivity index (χ0n) is 43.1. The van der Waals surface area contributed by atoms with Gasteiger partial charge in [0.1, 0.15) is 0 Å². The summed E-state index contributed by atoms with van der Waals surface area (Å²) < 4.78 is 42.3. The molecular weight excluding hydrogens is 839 g/mol. The molecule has 2 unspecified atom stereocenters. The van der Waals surface area contributed by atoms with Crippen LogP contribution >= 0.6 is 15.6 Å². The molecule has 0 bridgehead atoms. The summed E-state index contributed by atoms with van der Waals surface area (Å²) >= 11 is 0. The van der Waals surface area contributed by atoms with Crippen LogP contribution in [0.3, 0.4) is 0 Å². The van der Waals surface area contributed by atoms with Gasteiger partial charge in [-0.05, 0) is 19.3 Å². The second-order valence-corrected chi connectivity index (χ2v) is 22.5. The molecule has 0 saturated carbocycles. The summed E-state index contributed by atoms with van der Waals surface area (Å²) in [6.07, 6.45) is 57.7. The fourth-order valence-corrected chi connectivity index (χ4v) is 11.1. The molecule has 0 aromatic heterocycles. The lowest BCUT2D eigenvalue weighted by Crippen LogP contribution is -2.34. The number of unbranched alkanes of at least 4 members (excludes halogenated alkanes) is 44. The van der Waals surface area contributed by atoms with Crippen molar-refractivity contribution in [2.75, 3.05) is 6.61 Å². The first-order valence-electron chi connectivity index (χ1n) is 28.5. The van der Waals surface area contributed by atoms with E-state index in [1.807, 2.05) is 0 Å². The summed E-state index contributed by atoms with van der Waals surface area (Å²) in [5.41, 5.74) is 0. The van der Waals surface area contributed by atoms with Gasteiger partial charge in [-0.25, -0.2) is 9.13 Å². The third-order valence-electron chi connectivity index (χ3n) is 13.4. The summed E-state index contributed by atoms with van der Waals surface area (Å²) in [5.74, 6) is -1.87. The predicted molar refractivity (Wildman–Crippen MR) is 276 cm³/mol. The van der Waals surface area contributed by atoms with Crippen LogP contribution in [0.2, 0.25) is 0 Å². The van der Waals surface area contributed by atoms with Gasteiger partial charge in [0.25, 0.3) is 0 Å². The Hall–Kier alpha value is 0.220. The van der Waals surface area contributed by atoms with Gasteiger partial charge in [-0.15, -0.1) is 0 Å². The Morgan fingerprint density at radius 3 is 0.719 bits per heavy atom. The van der Waals surface area contributed by atoms with Crippen LogP contribution in [0.15, 0.2) is 0 Å². The molecule has 0 aliphatic heterocycles. The third-order valence-corrected chi connectivity index (χ3v) is 15.0. The minimum Gasteiger partial charge on any atom is -0.303 e. The average Bonchev–Trinajstić information content (AvgIpc) is 3.25. The smallest absolute Gasteiger partial charge is 0.303 e. The SMILES string of the molecule is CCCCCCCCCCCCCCCCCCOP(=O)(O)OC(CCCCCCCCCCCCCCCCC)(CCCCCCCCCCCCCCCCCC)OP(=O)(O)O. The molecule has 0 aromatic carbocycles. The Kier molecular flexibility index (Phi) is 48.4. The summed E-state index contributed by atoms with van der Waals surface area (Å²) in [7, 11) is -9.67. The number of phosphoric ester groups is 2. The van der Waals surface area contributed by atoms with Crippen molar-refractivity contribution in [1.29, 1.82) is 0 Å². The van der Waals surface area contributed by atoms with E-state index in [9.17, 15) is 23.8 Å². The van der Waals surface area contributed by atoms with Gasteiger partial charge in [-0.3, -0.25) is 13.6 Å². The molecule has 0 saturated heterocycles. The highest BCUT2D eigenvalue weighted by Gasteiger charge is 2.44. The van der Waals surface area contributed by atoms with Crippen LogP contribution in [0.25, 0.3) is 0 Å². The monoisotopic (exact) mass is 951 g/mol. The number of hydrogen-bond donors (Lipinski definition) is 3. The summed E-state index contributed by atoms with van der Waals surface area (Å²) in [6.45, 7) is 6.87. The lowest BCUT2D eigenvalue weighted by molar-refractivity contribution is -0.153. The maximum atomic E-state index is 13.4. The van der Waals surface area contributed by atoms with Gasteiger partial charge in [0.2, 0.25) is 0 Å². The molecule has 8 nitrogen and oxygen atoms in total. The Morgan fingerprint density at radius 2 is 0.500 bits per heavy atom. The first kappa shape index (κ1) is 64.2. The van der Waals surface area contributed by atoms with E-state index in [0.29, 0.717) is 19.3 Å². The van der Waals surface area contributed by atoms with E-state index in [-0.39, 0.29) is 19.4 Å². The largest absolute Gasteiger partial charge is 0.474 e. The van der Waals surface area contributed by atoms with E-state index in [1.165, 1.54) is 225 Å². The van der Waals surface area contributed by atoms with Crippen molar-refractivity contribution in [3.8, 4) is 0 Å². The highest BCUT2D eigenvalue weighted by molar-refractivity contribution is 7.47. The van der Waals surface area contributed by atoms with E-state index in [4.69, 9.17) is 13.6 Å². The Balaban J connectivity index is 4.76. The van der Waals surface area contributed by atoms with E-state index in [1.54, 1.807) is 0 Å². The average molecular weight is 951 g/mol. The van der Waals surface area contributed by atoms with Gasteiger partial charge >= 0.3 is 15.6 Å². The Morgan fingerprint density at radius 1 is 0.297 bits per heavy atom. The van der Waals surface area contributed by atoms with Gasteiger partial charge < -0.3 is 14.7 Å². The molecule has 10 heteroatoms. The Bertz CT molecular complexity index is 1030. The van der Waals surface area contributed by atoms with Gasteiger partial charge in [-0.1, -0.05) is 303 Å². The Labute approximate surface area is 399 Å². The molecule has 0 aliphatic rings. The van der Waals surface area contributed by atoms with Crippen molar-refractivity contribution in [1.82, 2.24) is 0 Å². The highest BCUT2D eigenvalue weighted by atomic mass is 31.2. The second kappa shape index (κ2) is 48.3. The minimum absolute atomic E-state index is 0.0657. The molecule has 2 atom stereocenters. The van der Waals surface area contributed by atoms with Crippen LogP contribution in [0, 0.1) is 0 Å². The normalized spacial score (nSPS) is 14.0. The fraction of sp³-hybridized carbons (Fsp3) is 1.00. The zero-order valence-corrected chi connectivity index (χ0v) is 44.9. The lowest BCUT2D eigenvalue weighted by atomic mass is 9.98. The van der Waals surface area contributed by atoms with Gasteiger partial charge in [0, 0.05) is 12.8 Å². The molecule has 0 rings (SSSR count).